The van der Waals surface area contributed by atoms with Crippen LogP contribution in [0.15, 0.2) is 28.7 Å². The van der Waals surface area contributed by atoms with Crippen LogP contribution in [0.2, 0.25) is 0 Å². The average Bonchev–Trinajstić information content (AvgIpc) is 2.49. The van der Waals surface area contributed by atoms with E-state index in [1.165, 1.54) is 0 Å². The Kier molecular flexibility index (Phi) is 8.17. The van der Waals surface area contributed by atoms with Crippen LogP contribution in [0.25, 0.3) is 0 Å². The highest BCUT2D eigenvalue weighted by atomic mass is 79.9. The van der Waals surface area contributed by atoms with Gasteiger partial charge in [0.15, 0.2) is 0 Å². The molecule has 122 valence electrons. The van der Waals surface area contributed by atoms with Gasteiger partial charge in [0.2, 0.25) is 5.91 Å². The molecule has 22 heavy (non-hydrogen) atoms. The smallest absolute Gasteiger partial charge is 0.329 e. The van der Waals surface area contributed by atoms with Crippen molar-refractivity contribution in [3.63, 3.8) is 0 Å². The second-order valence-electron chi connectivity index (χ2n) is 5.63. The number of hydrogen-bond acceptors (Lipinski definition) is 3. The maximum Gasteiger partial charge on any atom is 0.329 e. The molecule has 0 aromatic heterocycles. The van der Waals surface area contributed by atoms with Crippen LogP contribution in [-0.4, -0.2) is 17.9 Å². The normalized spacial score (nSPS) is 12.0. The maximum absolute atomic E-state index is 12.2. The van der Waals surface area contributed by atoms with E-state index < -0.39 is 6.04 Å². The first-order chi connectivity index (χ1) is 10.4. The number of ether oxygens (including phenoxy) is 1. The minimum Gasteiger partial charge on any atom is -0.459 e. The summed E-state index contributed by atoms with van der Waals surface area (Å²) < 4.78 is 6.31. The van der Waals surface area contributed by atoms with Gasteiger partial charge in [0.1, 0.15) is 12.6 Å². The lowest BCUT2D eigenvalue weighted by atomic mass is 10.0. The zero-order valence-corrected chi connectivity index (χ0v) is 15.0. The highest BCUT2D eigenvalue weighted by Crippen LogP contribution is 2.12. The van der Waals surface area contributed by atoms with E-state index in [0.29, 0.717) is 6.42 Å². The fraction of sp³-hybridized carbons (Fsp3) is 0.529. The van der Waals surface area contributed by atoms with Crippen LogP contribution in [0.3, 0.4) is 0 Å². The summed E-state index contributed by atoms with van der Waals surface area (Å²) in [5.74, 6) is -0.494. The summed E-state index contributed by atoms with van der Waals surface area (Å²) in [6.07, 6.45) is 2.22. The van der Waals surface area contributed by atoms with Gasteiger partial charge in [0, 0.05) is 10.9 Å². The molecule has 0 heterocycles. The van der Waals surface area contributed by atoms with Crippen molar-refractivity contribution in [2.24, 2.45) is 5.92 Å². The van der Waals surface area contributed by atoms with E-state index in [4.69, 9.17) is 4.74 Å². The van der Waals surface area contributed by atoms with Crippen LogP contribution >= 0.6 is 15.9 Å². The number of carbonyl (C=O) groups excluding carboxylic acids is 2. The van der Waals surface area contributed by atoms with Gasteiger partial charge in [-0.15, -0.1) is 0 Å². The molecule has 5 heteroatoms. The van der Waals surface area contributed by atoms with E-state index in [9.17, 15) is 9.59 Å². The standard InChI is InChI=1S/C17H24BrNO3/c1-4-5-6-15(20)19-16(12(2)3)17(21)22-11-13-7-9-14(18)10-8-13/h7-10,12,16H,4-6,11H2,1-3H3,(H,19,20)/t16-/m0/s1. The second-order valence-corrected chi connectivity index (χ2v) is 6.54. The van der Waals surface area contributed by atoms with Gasteiger partial charge in [-0.3, -0.25) is 4.79 Å². The molecule has 0 spiro atoms. The van der Waals surface area contributed by atoms with E-state index in [2.05, 4.69) is 21.2 Å². The number of amides is 1. The summed E-state index contributed by atoms with van der Waals surface area (Å²) in [6, 6.07) is 6.98. The first kappa shape index (κ1) is 18.7. The third kappa shape index (κ3) is 6.60. The molecule has 1 rings (SSSR count). The topological polar surface area (TPSA) is 55.4 Å². The average molecular weight is 370 g/mol. The summed E-state index contributed by atoms with van der Waals surface area (Å²) >= 11 is 3.36. The van der Waals surface area contributed by atoms with Gasteiger partial charge < -0.3 is 10.1 Å². The molecule has 4 nitrogen and oxygen atoms in total. The molecule has 0 aliphatic heterocycles. The van der Waals surface area contributed by atoms with Gasteiger partial charge in [-0.1, -0.05) is 55.3 Å². The van der Waals surface area contributed by atoms with Gasteiger partial charge in [-0.2, -0.15) is 0 Å². The molecule has 0 aliphatic carbocycles. The van der Waals surface area contributed by atoms with E-state index in [1.807, 2.05) is 45.0 Å². The van der Waals surface area contributed by atoms with Gasteiger partial charge in [0.05, 0.1) is 0 Å². The molecule has 1 atom stereocenters. The number of halogens is 1. The Balaban J connectivity index is 2.54. The lowest BCUT2D eigenvalue weighted by molar-refractivity contribution is -0.150. The van der Waals surface area contributed by atoms with E-state index in [1.54, 1.807) is 0 Å². The largest absolute Gasteiger partial charge is 0.459 e. The highest BCUT2D eigenvalue weighted by Gasteiger charge is 2.25. The van der Waals surface area contributed by atoms with Crippen molar-refractivity contribution < 1.29 is 14.3 Å². The first-order valence-electron chi connectivity index (χ1n) is 7.64. The molecule has 0 saturated carbocycles. The number of carbonyl (C=O) groups is 2. The molecule has 1 aromatic carbocycles. The SMILES string of the molecule is CCCCC(=O)N[C@H](C(=O)OCc1ccc(Br)cc1)C(C)C. The molecule has 1 N–H and O–H groups in total. The van der Waals surface area contributed by atoms with Crippen molar-refractivity contribution >= 4 is 27.8 Å². The Morgan fingerprint density at radius 3 is 2.41 bits per heavy atom. The molecular formula is C17H24BrNO3. The number of rotatable bonds is 8. The van der Waals surface area contributed by atoms with Gasteiger partial charge in [-0.25, -0.2) is 4.79 Å². The van der Waals surface area contributed by atoms with Crippen molar-refractivity contribution in [1.29, 1.82) is 0 Å². The molecule has 1 aromatic rings. The fourth-order valence-electron chi connectivity index (χ4n) is 1.91. The van der Waals surface area contributed by atoms with Gasteiger partial charge in [0.25, 0.3) is 0 Å². The van der Waals surface area contributed by atoms with E-state index in [0.717, 1.165) is 22.9 Å². The Bertz CT molecular complexity index is 485. The van der Waals surface area contributed by atoms with E-state index >= 15 is 0 Å². The van der Waals surface area contributed by atoms with Gasteiger partial charge in [-0.05, 0) is 30.0 Å². The summed E-state index contributed by atoms with van der Waals surface area (Å²) in [5, 5.41) is 2.78. The van der Waals surface area contributed by atoms with Crippen LogP contribution in [0.4, 0.5) is 0 Å². The molecule has 1 amide bonds. The molecule has 0 fully saturated rings. The molecule has 0 radical (unpaired) electrons. The van der Waals surface area contributed by atoms with Crippen LogP contribution in [0.1, 0.15) is 45.6 Å². The predicted octanol–water partition coefficient (Wildman–Crippen LogP) is 3.82. The Hall–Kier alpha value is -1.36. The van der Waals surface area contributed by atoms with E-state index in [-0.39, 0.29) is 24.4 Å². The molecular weight excluding hydrogens is 346 g/mol. The lowest BCUT2D eigenvalue weighted by Crippen LogP contribution is -2.45. The first-order valence-corrected chi connectivity index (χ1v) is 8.43. The second kappa shape index (κ2) is 9.62. The Morgan fingerprint density at radius 2 is 1.86 bits per heavy atom. The monoisotopic (exact) mass is 369 g/mol. The Labute approximate surface area is 140 Å². The van der Waals surface area contributed by atoms with Crippen molar-refractivity contribution in [3.05, 3.63) is 34.3 Å². The summed E-state index contributed by atoms with van der Waals surface area (Å²) in [4.78, 5) is 24.0. The van der Waals surface area contributed by atoms with Crippen LogP contribution in [-0.2, 0) is 20.9 Å². The number of nitrogens with one attached hydrogen (secondary N) is 1. The number of benzene rings is 1. The quantitative estimate of drug-likeness (QED) is 0.708. The lowest BCUT2D eigenvalue weighted by Gasteiger charge is -2.21. The number of hydrogen-bond donors (Lipinski definition) is 1. The van der Waals surface area contributed by atoms with Crippen molar-refractivity contribution in [2.75, 3.05) is 0 Å². The maximum atomic E-state index is 12.2. The third-order valence-corrected chi connectivity index (χ3v) is 3.82. The minimum absolute atomic E-state index is 0.0111. The minimum atomic E-state index is -0.597. The third-order valence-electron chi connectivity index (χ3n) is 3.29. The number of unbranched alkanes of at least 4 members (excludes halogenated alkanes) is 1. The molecule has 0 saturated heterocycles. The summed E-state index contributed by atoms with van der Waals surface area (Å²) in [7, 11) is 0. The molecule has 0 unspecified atom stereocenters. The zero-order valence-electron chi connectivity index (χ0n) is 13.4. The summed E-state index contributed by atoms with van der Waals surface area (Å²) in [6.45, 7) is 6.02. The number of esters is 1. The fourth-order valence-corrected chi connectivity index (χ4v) is 2.17. The Morgan fingerprint density at radius 1 is 1.23 bits per heavy atom. The highest BCUT2D eigenvalue weighted by molar-refractivity contribution is 9.10. The van der Waals surface area contributed by atoms with Crippen LogP contribution < -0.4 is 5.32 Å². The van der Waals surface area contributed by atoms with Crippen LogP contribution in [0.5, 0.6) is 0 Å². The van der Waals surface area contributed by atoms with Crippen LogP contribution in [0, 0.1) is 5.92 Å². The molecule has 0 aliphatic rings. The van der Waals surface area contributed by atoms with Gasteiger partial charge >= 0.3 is 5.97 Å². The van der Waals surface area contributed by atoms with Crippen molar-refractivity contribution in [3.8, 4) is 0 Å². The summed E-state index contributed by atoms with van der Waals surface area (Å²) in [5.41, 5.74) is 0.913. The molecule has 0 bridgehead atoms. The van der Waals surface area contributed by atoms with Crippen molar-refractivity contribution in [1.82, 2.24) is 5.32 Å². The zero-order chi connectivity index (χ0) is 16.5. The van der Waals surface area contributed by atoms with Crippen molar-refractivity contribution in [2.45, 2.75) is 52.7 Å². The predicted molar refractivity (Wildman–Crippen MR) is 90.2 cm³/mol.